The van der Waals surface area contributed by atoms with E-state index in [9.17, 15) is 0 Å². The average Bonchev–Trinajstić information content (AvgIpc) is 1.78. The van der Waals surface area contributed by atoms with Crippen molar-refractivity contribution in [1.82, 2.24) is 0 Å². The highest BCUT2D eigenvalue weighted by Crippen LogP contribution is 2.25. The highest BCUT2D eigenvalue weighted by atomic mass is 79.9. The number of thioether (sulfide) groups is 1. The molecule has 0 radical (unpaired) electrons. The summed E-state index contributed by atoms with van der Waals surface area (Å²) in [6.45, 7) is 5.29. The second-order valence-corrected chi connectivity index (χ2v) is 4.10. The first-order chi connectivity index (χ1) is 4.10. The first kappa shape index (κ1) is 10.3. The van der Waals surface area contributed by atoms with Crippen molar-refractivity contribution in [2.75, 3.05) is 12.3 Å². The molecule has 1 aliphatic rings. The Morgan fingerprint density at radius 2 is 2.20 bits per heavy atom. The van der Waals surface area contributed by atoms with Gasteiger partial charge in [0.2, 0.25) is 0 Å². The third kappa shape index (κ3) is 2.92. The summed E-state index contributed by atoms with van der Waals surface area (Å²) >= 11 is 1.65. The third-order valence-corrected chi connectivity index (χ3v) is 2.62. The molecular weight excluding hydrogens is 212 g/mol. The minimum atomic E-state index is 0. The average molecular weight is 225 g/mol. The summed E-state index contributed by atoms with van der Waals surface area (Å²) in [5.74, 6) is 1.10. The fourth-order valence-corrected chi connectivity index (χ4v) is 1.44. The van der Waals surface area contributed by atoms with Gasteiger partial charge in [0.1, 0.15) is 0 Å². The highest BCUT2D eigenvalue weighted by molar-refractivity contribution is 8.93. The van der Waals surface area contributed by atoms with E-state index in [4.69, 9.17) is 5.73 Å². The van der Waals surface area contributed by atoms with E-state index >= 15 is 0 Å². The number of hydrogen-bond acceptors (Lipinski definition) is 3. The van der Waals surface area contributed by atoms with E-state index in [0.717, 1.165) is 17.5 Å². The van der Waals surface area contributed by atoms with Crippen molar-refractivity contribution in [3.63, 3.8) is 0 Å². The molecule has 0 unspecified atom stereocenters. The molecule has 0 spiro atoms. The molecule has 0 fully saturated rings. The van der Waals surface area contributed by atoms with Gasteiger partial charge in [-0.15, -0.1) is 17.0 Å². The molecule has 2 nitrogen and oxygen atoms in total. The van der Waals surface area contributed by atoms with Crippen molar-refractivity contribution in [1.29, 1.82) is 0 Å². The smallest absolute Gasteiger partial charge is 0.153 e. The fourth-order valence-electron chi connectivity index (χ4n) is 0.653. The molecule has 0 saturated carbocycles. The van der Waals surface area contributed by atoms with Gasteiger partial charge in [-0.2, -0.15) is 0 Å². The van der Waals surface area contributed by atoms with Crippen LogP contribution in [0.2, 0.25) is 0 Å². The lowest BCUT2D eigenvalue weighted by molar-refractivity contribution is 0.437. The molecule has 60 valence electrons. The number of rotatable bonds is 0. The number of nitrogens with two attached hydrogens (primary N) is 1. The van der Waals surface area contributed by atoms with Crippen molar-refractivity contribution < 1.29 is 0 Å². The Morgan fingerprint density at radius 3 is 2.50 bits per heavy atom. The summed E-state index contributed by atoms with van der Waals surface area (Å²) in [5.41, 5.74) is 5.82. The quantitative estimate of drug-likeness (QED) is 0.680. The molecule has 0 bridgehead atoms. The van der Waals surface area contributed by atoms with Crippen molar-refractivity contribution in [3.05, 3.63) is 0 Å². The molecular formula is C6H13BrN2S. The van der Waals surface area contributed by atoms with E-state index < -0.39 is 0 Å². The van der Waals surface area contributed by atoms with Crippen LogP contribution < -0.4 is 5.73 Å². The third-order valence-electron chi connectivity index (χ3n) is 1.27. The van der Waals surface area contributed by atoms with Gasteiger partial charge in [0, 0.05) is 12.3 Å². The lowest BCUT2D eigenvalue weighted by Gasteiger charge is -2.25. The van der Waals surface area contributed by atoms with Crippen molar-refractivity contribution >= 4 is 33.9 Å². The van der Waals surface area contributed by atoms with Crippen LogP contribution in [0.4, 0.5) is 0 Å². The van der Waals surface area contributed by atoms with Gasteiger partial charge >= 0.3 is 0 Å². The van der Waals surface area contributed by atoms with E-state index in [0.29, 0.717) is 5.41 Å². The lowest BCUT2D eigenvalue weighted by Crippen LogP contribution is -2.27. The van der Waals surface area contributed by atoms with E-state index in [1.165, 1.54) is 0 Å². The van der Waals surface area contributed by atoms with Gasteiger partial charge in [-0.1, -0.05) is 25.6 Å². The Kier molecular flexibility index (Phi) is 3.73. The zero-order valence-corrected chi connectivity index (χ0v) is 8.78. The maximum Gasteiger partial charge on any atom is 0.153 e. The van der Waals surface area contributed by atoms with Crippen LogP contribution in [0.25, 0.3) is 0 Å². The van der Waals surface area contributed by atoms with E-state index in [2.05, 4.69) is 18.8 Å². The zero-order valence-electron chi connectivity index (χ0n) is 6.26. The second kappa shape index (κ2) is 3.62. The fraction of sp³-hybridized carbons (Fsp3) is 0.833. The topological polar surface area (TPSA) is 38.4 Å². The number of hydrogen-bond donors (Lipinski definition) is 1. The standard InChI is InChI=1S/C6H12N2S.BrH/c1-6(2)3-8-5(7)9-4-6;/h3-4H2,1-2H3,(H2,7,8);1H. The van der Waals surface area contributed by atoms with Crippen LogP contribution in [0, 0.1) is 5.41 Å². The highest BCUT2D eigenvalue weighted by Gasteiger charge is 2.21. The SMILES string of the molecule is Br.CC1(C)CN=C(N)SC1. The normalized spacial score (nSPS) is 22.8. The molecule has 0 saturated heterocycles. The zero-order chi connectivity index (χ0) is 6.91. The summed E-state index contributed by atoms with van der Waals surface area (Å²) < 4.78 is 0. The molecule has 4 heteroatoms. The van der Waals surface area contributed by atoms with Crippen molar-refractivity contribution in [2.24, 2.45) is 16.1 Å². The van der Waals surface area contributed by atoms with Gasteiger partial charge in [0.05, 0.1) is 0 Å². The molecule has 10 heavy (non-hydrogen) atoms. The Bertz CT molecular complexity index is 145. The number of amidine groups is 1. The molecule has 1 heterocycles. The van der Waals surface area contributed by atoms with Gasteiger partial charge < -0.3 is 5.73 Å². The lowest BCUT2D eigenvalue weighted by atomic mass is 9.97. The van der Waals surface area contributed by atoms with E-state index in [-0.39, 0.29) is 17.0 Å². The minimum Gasteiger partial charge on any atom is -0.379 e. The number of aliphatic imine (C=N–C) groups is 1. The van der Waals surface area contributed by atoms with Gasteiger partial charge in [-0.25, -0.2) is 0 Å². The van der Waals surface area contributed by atoms with Crippen LogP contribution in [0.15, 0.2) is 4.99 Å². The van der Waals surface area contributed by atoms with E-state index in [1.54, 1.807) is 11.8 Å². The van der Waals surface area contributed by atoms with Crippen molar-refractivity contribution in [2.45, 2.75) is 13.8 Å². The van der Waals surface area contributed by atoms with Gasteiger partial charge in [0.15, 0.2) is 5.17 Å². The molecule has 0 atom stereocenters. The molecule has 0 aromatic carbocycles. The van der Waals surface area contributed by atoms with Crippen LogP contribution in [0.5, 0.6) is 0 Å². The summed E-state index contributed by atoms with van der Waals surface area (Å²) in [6, 6.07) is 0. The van der Waals surface area contributed by atoms with Crippen LogP contribution in [0.3, 0.4) is 0 Å². The van der Waals surface area contributed by atoms with Crippen LogP contribution >= 0.6 is 28.7 Å². The molecule has 2 N–H and O–H groups in total. The summed E-state index contributed by atoms with van der Waals surface area (Å²) in [5, 5.41) is 0.745. The minimum absolute atomic E-state index is 0. The van der Waals surface area contributed by atoms with Crippen LogP contribution in [-0.2, 0) is 0 Å². The van der Waals surface area contributed by atoms with Gasteiger partial charge in [-0.3, -0.25) is 4.99 Å². The van der Waals surface area contributed by atoms with Crippen LogP contribution in [0.1, 0.15) is 13.8 Å². The maximum atomic E-state index is 5.47. The largest absolute Gasteiger partial charge is 0.379 e. The first-order valence-electron chi connectivity index (χ1n) is 3.03. The van der Waals surface area contributed by atoms with E-state index in [1.807, 2.05) is 0 Å². The predicted molar refractivity (Wildman–Crippen MR) is 53.1 cm³/mol. The summed E-state index contributed by atoms with van der Waals surface area (Å²) in [7, 11) is 0. The Hall–Kier alpha value is 0.300. The monoisotopic (exact) mass is 224 g/mol. The number of halogens is 1. The summed E-state index contributed by atoms with van der Waals surface area (Å²) in [6.07, 6.45) is 0. The molecule has 0 amide bonds. The molecule has 0 aliphatic carbocycles. The summed E-state index contributed by atoms with van der Waals surface area (Å²) in [4.78, 5) is 4.14. The second-order valence-electron chi connectivity index (χ2n) is 3.11. The first-order valence-corrected chi connectivity index (χ1v) is 4.01. The van der Waals surface area contributed by atoms with Gasteiger partial charge in [-0.05, 0) is 5.41 Å². The van der Waals surface area contributed by atoms with Crippen LogP contribution in [-0.4, -0.2) is 17.5 Å². The van der Waals surface area contributed by atoms with Crippen molar-refractivity contribution in [3.8, 4) is 0 Å². The molecule has 1 aliphatic heterocycles. The molecule has 0 aromatic rings. The molecule has 0 aromatic heterocycles. The van der Waals surface area contributed by atoms with Gasteiger partial charge in [0.25, 0.3) is 0 Å². The Labute approximate surface area is 76.4 Å². The Morgan fingerprint density at radius 1 is 1.60 bits per heavy atom. The maximum absolute atomic E-state index is 5.47. The Balaban J connectivity index is 0.000000810. The number of nitrogens with zero attached hydrogens (tertiary/aromatic N) is 1. The predicted octanol–water partition coefficient (Wildman–Crippen LogP) is 1.65. The molecule has 1 rings (SSSR count).